The number of carbonyl (C=O) groups is 2. The van der Waals surface area contributed by atoms with E-state index in [2.05, 4.69) is 5.32 Å². The molecule has 3 aromatic carbocycles. The first-order chi connectivity index (χ1) is 16.0. The third-order valence-electron chi connectivity index (χ3n) is 5.96. The molecule has 0 spiro atoms. The van der Waals surface area contributed by atoms with Crippen molar-refractivity contribution in [3.63, 3.8) is 0 Å². The molecule has 4 rings (SSSR count). The topological polar surface area (TPSA) is 67.9 Å². The Labute approximate surface area is 194 Å². The van der Waals surface area contributed by atoms with Crippen LogP contribution in [0.1, 0.15) is 35.3 Å². The molecular formula is C27H28N2O4. The van der Waals surface area contributed by atoms with E-state index in [-0.39, 0.29) is 11.8 Å². The van der Waals surface area contributed by atoms with Crippen LogP contribution in [-0.2, 0) is 17.8 Å². The van der Waals surface area contributed by atoms with Gasteiger partial charge in [-0.05, 0) is 67.4 Å². The van der Waals surface area contributed by atoms with Gasteiger partial charge in [0.05, 0.1) is 13.7 Å². The Bertz CT molecular complexity index is 1160. The van der Waals surface area contributed by atoms with Crippen LogP contribution in [0.3, 0.4) is 0 Å². The average Bonchev–Trinajstić information content (AvgIpc) is 2.84. The molecule has 1 aliphatic heterocycles. The fraction of sp³-hybridized carbons (Fsp3) is 0.259. The first-order valence-electron chi connectivity index (χ1n) is 11.0. The van der Waals surface area contributed by atoms with Crippen LogP contribution in [0.5, 0.6) is 11.5 Å². The Morgan fingerprint density at radius 1 is 1.03 bits per heavy atom. The summed E-state index contributed by atoms with van der Waals surface area (Å²) in [5.41, 5.74) is 1.95. The van der Waals surface area contributed by atoms with E-state index < -0.39 is 5.54 Å². The molecule has 0 saturated heterocycles. The van der Waals surface area contributed by atoms with Gasteiger partial charge in [0.1, 0.15) is 17.0 Å². The minimum absolute atomic E-state index is 0.194. The highest BCUT2D eigenvalue weighted by Gasteiger charge is 2.47. The molecule has 1 N–H and O–H groups in total. The molecule has 0 radical (unpaired) electrons. The molecular weight excluding hydrogens is 416 g/mol. The van der Waals surface area contributed by atoms with Crippen molar-refractivity contribution >= 4 is 17.5 Å². The highest BCUT2D eigenvalue weighted by molar-refractivity contribution is 6.14. The van der Waals surface area contributed by atoms with E-state index in [9.17, 15) is 9.59 Å². The Balaban J connectivity index is 1.67. The van der Waals surface area contributed by atoms with Crippen molar-refractivity contribution < 1.29 is 19.1 Å². The van der Waals surface area contributed by atoms with Crippen LogP contribution in [0.2, 0.25) is 0 Å². The van der Waals surface area contributed by atoms with Gasteiger partial charge in [-0.2, -0.15) is 0 Å². The van der Waals surface area contributed by atoms with Crippen molar-refractivity contribution in [2.75, 3.05) is 18.6 Å². The average molecular weight is 445 g/mol. The quantitative estimate of drug-likeness (QED) is 0.588. The number of nitrogens with one attached hydrogen (secondary N) is 1. The summed E-state index contributed by atoms with van der Waals surface area (Å²) in [4.78, 5) is 28.8. The van der Waals surface area contributed by atoms with Crippen molar-refractivity contribution in [3.05, 3.63) is 89.5 Å². The van der Waals surface area contributed by atoms with E-state index in [0.717, 1.165) is 22.6 Å². The zero-order valence-corrected chi connectivity index (χ0v) is 19.1. The predicted octanol–water partition coefficient (Wildman–Crippen LogP) is 4.37. The van der Waals surface area contributed by atoms with Gasteiger partial charge in [0, 0.05) is 24.2 Å². The Hall–Kier alpha value is -3.80. The smallest absolute Gasteiger partial charge is 0.259 e. The van der Waals surface area contributed by atoms with E-state index in [1.807, 2.05) is 86.6 Å². The van der Waals surface area contributed by atoms with Crippen LogP contribution in [0.25, 0.3) is 0 Å². The molecule has 6 nitrogen and oxygen atoms in total. The highest BCUT2D eigenvalue weighted by atomic mass is 16.5. The maximum absolute atomic E-state index is 13.6. The number of rotatable bonds is 7. The lowest BCUT2D eigenvalue weighted by Crippen LogP contribution is -2.63. The van der Waals surface area contributed by atoms with Gasteiger partial charge in [0.25, 0.3) is 5.91 Å². The number of hydrogen-bond acceptors (Lipinski definition) is 4. The molecule has 2 amide bonds. The number of carbonyl (C=O) groups excluding carboxylic acids is 2. The zero-order valence-electron chi connectivity index (χ0n) is 19.1. The van der Waals surface area contributed by atoms with Gasteiger partial charge < -0.3 is 14.8 Å². The van der Waals surface area contributed by atoms with Crippen molar-refractivity contribution in [3.8, 4) is 11.5 Å². The molecule has 1 aliphatic rings. The SMILES string of the molecule is CCOc1ccc(N2C(=O)c3ccccc3C[C@@]2(C)C(=O)NCc2cccc(OC)c2)cc1. The summed E-state index contributed by atoms with van der Waals surface area (Å²) in [6, 6.07) is 22.3. The van der Waals surface area contributed by atoms with Crippen molar-refractivity contribution in [1.29, 1.82) is 0 Å². The summed E-state index contributed by atoms with van der Waals surface area (Å²) in [7, 11) is 1.61. The summed E-state index contributed by atoms with van der Waals surface area (Å²) in [5.74, 6) is 1.03. The molecule has 170 valence electrons. The predicted molar refractivity (Wildman–Crippen MR) is 128 cm³/mol. The van der Waals surface area contributed by atoms with Gasteiger partial charge in [-0.3, -0.25) is 14.5 Å². The van der Waals surface area contributed by atoms with Gasteiger partial charge in [-0.15, -0.1) is 0 Å². The molecule has 1 heterocycles. The van der Waals surface area contributed by atoms with Gasteiger partial charge in [-0.1, -0.05) is 30.3 Å². The van der Waals surface area contributed by atoms with Gasteiger partial charge in [0.15, 0.2) is 0 Å². The van der Waals surface area contributed by atoms with E-state index in [4.69, 9.17) is 9.47 Å². The highest BCUT2D eigenvalue weighted by Crippen LogP contribution is 2.36. The number of anilines is 1. The molecule has 3 aromatic rings. The summed E-state index contributed by atoms with van der Waals surface area (Å²) in [6.07, 6.45) is 0.409. The lowest BCUT2D eigenvalue weighted by atomic mass is 9.82. The van der Waals surface area contributed by atoms with Crippen molar-refractivity contribution in [2.24, 2.45) is 0 Å². The second kappa shape index (κ2) is 9.36. The number of benzene rings is 3. The number of hydrogen-bond donors (Lipinski definition) is 1. The van der Waals surface area contributed by atoms with Gasteiger partial charge >= 0.3 is 0 Å². The van der Waals surface area contributed by atoms with Crippen molar-refractivity contribution in [1.82, 2.24) is 5.32 Å². The third-order valence-corrected chi connectivity index (χ3v) is 5.96. The van der Waals surface area contributed by atoms with Crippen molar-refractivity contribution in [2.45, 2.75) is 32.4 Å². The normalized spacial score (nSPS) is 17.3. The maximum Gasteiger partial charge on any atom is 0.259 e. The minimum Gasteiger partial charge on any atom is -0.497 e. The molecule has 0 saturated carbocycles. The van der Waals surface area contributed by atoms with Crippen LogP contribution in [0, 0.1) is 0 Å². The molecule has 33 heavy (non-hydrogen) atoms. The Morgan fingerprint density at radius 2 is 1.79 bits per heavy atom. The first kappa shape index (κ1) is 22.4. The lowest BCUT2D eigenvalue weighted by Gasteiger charge is -2.44. The Morgan fingerprint density at radius 3 is 2.52 bits per heavy atom. The zero-order chi connectivity index (χ0) is 23.4. The number of amides is 2. The van der Waals surface area contributed by atoms with Crippen LogP contribution in [0.4, 0.5) is 5.69 Å². The summed E-state index contributed by atoms with van der Waals surface area (Å²) in [6.45, 7) is 4.62. The van der Waals surface area contributed by atoms with E-state index in [0.29, 0.717) is 30.8 Å². The number of methoxy groups -OCH3 is 1. The molecule has 0 aromatic heterocycles. The Kier molecular flexibility index (Phi) is 6.36. The standard InChI is InChI=1S/C27H28N2O4/c1-4-33-22-14-12-21(13-15-22)29-25(30)24-11-6-5-9-20(24)17-27(29,2)26(31)28-18-19-8-7-10-23(16-19)32-3/h5-16H,4,17-18H2,1-3H3,(H,28,31)/t27-/m0/s1. The third kappa shape index (κ3) is 4.42. The summed E-state index contributed by atoms with van der Waals surface area (Å²) in [5, 5.41) is 3.03. The van der Waals surface area contributed by atoms with Crippen LogP contribution in [0.15, 0.2) is 72.8 Å². The largest absolute Gasteiger partial charge is 0.497 e. The fourth-order valence-corrected chi connectivity index (χ4v) is 4.27. The molecule has 6 heteroatoms. The second-order valence-corrected chi connectivity index (χ2v) is 8.21. The molecule has 0 fully saturated rings. The number of ether oxygens (including phenoxy) is 2. The van der Waals surface area contributed by atoms with E-state index in [1.165, 1.54) is 0 Å². The van der Waals surface area contributed by atoms with E-state index >= 15 is 0 Å². The van der Waals surface area contributed by atoms with Gasteiger partial charge in [-0.25, -0.2) is 0 Å². The van der Waals surface area contributed by atoms with Crippen LogP contribution in [-0.4, -0.2) is 31.1 Å². The molecule has 1 atom stereocenters. The number of fused-ring (bicyclic) bond motifs is 1. The summed E-state index contributed by atoms with van der Waals surface area (Å²) < 4.78 is 10.8. The molecule has 0 unspecified atom stereocenters. The van der Waals surface area contributed by atoms with Crippen LogP contribution < -0.4 is 19.7 Å². The van der Waals surface area contributed by atoms with E-state index in [1.54, 1.807) is 12.0 Å². The minimum atomic E-state index is -1.10. The number of nitrogens with zero attached hydrogens (tertiary/aromatic N) is 1. The second-order valence-electron chi connectivity index (χ2n) is 8.21. The lowest BCUT2D eigenvalue weighted by molar-refractivity contribution is -0.126. The fourth-order valence-electron chi connectivity index (χ4n) is 4.27. The maximum atomic E-state index is 13.6. The summed E-state index contributed by atoms with van der Waals surface area (Å²) >= 11 is 0. The van der Waals surface area contributed by atoms with Gasteiger partial charge in [0.2, 0.25) is 5.91 Å². The monoisotopic (exact) mass is 444 g/mol. The molecule has 0 bridgehead atoms. The molecule has 0 aliphatic carbocycles. The first-order valence-corrected chi connectivity index (χ1v) is 11.0. The van der Waals surface area contributed by atoms with Crippen LogP contribution >= 0.6 is 0 Å².